The van der Waals surface area contributed by atoms with E-state index < -0.39 is 0 Å². The summed E-state index contributed by atoms with van der Waals surface area (Å²) in [5.41, 5.74) is 1.14. The van der Waals surface area contributed by atoms with Gasteiger partial charge in [0.2, 0.25) is 5.95 Å². The second kappa shape index (κ2) is 10.0. The van der Waals surface area contributed by atoms with Crippen molar-refractivity contribution in [2.75, 3.05) is 36.0 Å². The number of aromatic nitrogens is 2. The number of hydrogen-bond acceptors (Lipinski definition) is 7. The van der Waals surface area contributed by atoms with E-state index in [9.17, 15) is 9.90 Å². The average Bonchev–Trinajstić information content (AvgIpc) is 3.51. The first-order chi connectivity index (χ1) is 15.4. The summed E-state index contributed by atoms with van der Waals surface area (Å²) in [6.45, 7) is 5.79. The third-order valence-corrected chi connectivity index (χ3v) is 6.36. The highest BCUT2D eigenvalue weighted by molar-refractivity contribution is 6.32. The van der Waals surface area contributed by atoms with Crippen LogP contribution in [0.4, 0.5) is 11.8 Å². The molecule has 0 spiro atoms. The number of ether oxygens (including phenoxy) is 1. The van der Waals surface area contributed by atoms with Gasteiger partial charge in [0.15, 0.2) is 5.82 Å². The first-order valence-electron chi connectivity index (χ1n) is 11.4. The van der Waals surface area contributed by atoms with Gasteiger partial charge in [-0.25, -0.2) is 4.98 Å². The molecule has 1 N–H and O–H groups in total. The van der Waals surface area contributed by atoms with Crippen LogP contribution in [0.3, 0.4) is 0 Å². The zero-order valence-electron chi connectivity index (χ0n) is 18.7. The summed E-state index contributed by atoms with van der Waals surface area (Å²) < 4.78 is 6.21. The molecule has 2 aliphatic rings. The third-order valence-electron chi connectivity index (χ3n) is 6.09. The van der Waals surface area contributed by atoms with E-state index in [1.165, 1.54) is 0 Å². The van der Waals surface area contributed by atoms with E-state index in [2.05, 4.69) is 21.7 Å². The van der Waals surface area contributed by atoms with Gasteiger partial charge in [0, 0.05) is 32.0 Å². The predicted molar refractivity (Wildman–Crippen MR) is 126 cm³/mol. The number of rotatable bonds is 10. The summed E-state index contributed by atoms with van der Waals surface area (Å²) in [6, 6.07) is 8.44. The standard InChI is InChI=1S/C24H31ClN4O3/c1-16(13-17(2)31)18-3-7-20(8-4-18)32-21-9-10-28(15-21)23-22(25)14-26-24(27-23)29(11-12-30)19-5-6-19/h3-4,7-8,14,16,19,21,30H,5-6,9-13,15H2,1-2H3/t16-,21-/m1/s1. The summed E-state index contributed by atoms with van der Waals surface area (Å²) in [5, 5.41) is 9.93. The van der Waals surface area contributed by atoms with Crippen LogP contribution in [-0.2, 0) is 4.79 Å². The molecule has 1 saturated carbocycles. The van der Waals surface area contributed by atoms with Crippen molar-refractivity contribution in [3.8, 4) is 5.75 Å². The molecule has 1 aliphatic carbocycles. The van der Waals surface area contributed by atoms with Gasteiger partial charge in [-0.2, -0.15) is 4.98 Å². The fraction of sp³-hybridized carbons (Fsp3) is 0.542. The van der Waals surface area contributed by atoms with Crippen molar-refractivity contribution >= 4 is 29.2 Å². The Hall–Kier alpha value is -2.38. The first kappa shape index (κ1) is 22.8. The van der Waals surface area contributed by atoms with Gasteiger partial charge >= 0.3 is 0 Å². The topological polar surface area (TPSA) is 78.8 Å². The summed E-state index contributed by atoms with van der Waals surface area (Å²) in [6.07, 6.45) is 5.33. The maximum Gasteiger partial charge on any atom is 0.227 e. The Morgan fingerprint density at radius 2 is 2.06 bits per heavy atom. The second-order valence-corrected chi connectivity index (χ2v) is 9.25. The maximum atomic E-state index is 11.4. The van der Waals surface area contributed by atoms with Crippen LogP contribution in [0.5, 0.6) is 5.75 Å². The molecule has 2 heterocycles. The molecule has 0 unspecified atom stereocenters. The molecule has 0 radical (unpaired) electrons. The van der Waals surface area contributed by atoms with Gasteiger partial charge in [-0.15, -0.1) is 0 Å². The number of aliphatic hydroxyl groups is 1. The average molecular weight is 459 g/mol. The molecule has 172 valence electrons. The Morgan fingerprint density at radius 3 is 2.72 bits per heavy atom. The lowest BCUT2D eigenvalue weighted by molar-refractivity contribution is -0.117. The monoisotopic (exact) mass is 458 g/mol. The third kappa shape index (κ3) is 5.51. The highest BCUT2D eigenvalue weighted by Gasteiger charge is 2.32. The highest BCUT2D eigenvalue weighted by Crippen LogP contribution is 2.33. The molecule has 1 aliphatic heterocycles. The molecule has 0 amide bonds. The van der Waals surface area contributed by atoms with Crippen LogP contribution in [0.15, 0.2) is 30.5 Å². The highest BCUT2D eigenvalue weighted by atomic mass is 35.5. The van der Waals surface area contributed by atoms with Crippen molar-refractivity contribution in [2.24, 2.45) is 0 Å². The van der Waals surface area contributed by atoms with Gasteiger partial charge in [-0.1, -0.05) is 30.7 Å². The van der Waals surface area contributed by atoms with E-state index in [1.807, 2.05) is 24.3 Å². The van der Waals surface area contributed by atoms with Gasteiger partial charge in [-0.3, -0.25) is 0 Å². The van der Waals surface area contributed by atoms with E-state index in [1.54, 1.807) is 13.1 Å². The molecule has 1 aromatic heterocycles. The minimum Gasteiger partial charge on any atom is -0.489 e. The SMILES string of the molecule is CC(=O)C[C@@H](C)c1ccc(O[C@@H]2CCN(c3nc(N(CCO)C4CC4)ncc3Cl)C2)cc1. The number of hydrogen-bond donors (Lipinski definition) is 1. The number of nitrogens with zero attached hydrogens (tertiary/aromatic N) is 4. The quantitative estimate of drug-likeness (QED) is 0.579. The number of halogens is 1. The number of carbonyl (C=O) groups excluding carboxylic acids is 1. The van der Waals surface area contributed by atoms with Crippen molar-refractivity contribution < 1.29 is 14.6 Å². The number of benzene rings is 1. The van der Waals surface area contributed by atoms with Gasteiger partial charge in [-0.05, 0) is 43.4 Å². The van der Waals surface area contributed by atoms with Crippen LogP contribution in [0, 0.1) is 0 Å². The summed E-state index contributed by atoms with van der Waals surface area (Å²) in [7, 11) is 0. The lowest BCUT2D eigenvalue weighted by Gasteiger charge is -2.24. The van der Waals surface area contributed by atoms with Crippen LogP contribution in [0.1, 0.15) is 51.0 Å². The maximum absolute atomic E-state index is 11.4. The van der Waals surface area contributed by atoms with Gasteiger partial charge in [0.25, 0.3) is 0 Å². The molecule has 7 nitrogen and oxygen atoms in total. The van der Waals surface area contributed by atoms with Crippen LogP contribution in [0.2, 0.25) is 5.02 Å². The smallest absolute Gasteiger partial charge is 0.227 e. The molecule has 2 fully saturated rings. The van der Waals surface area contributed by atoms with Crippen molar-refractivity contribution in [1.82, 2.24) is 9.97 Å². The molecule has 1 aromatic carbocycles. The van der Waals surface area contributed by atoms with Crippen LogP contribution in [-0.4, -0.2) is 59.2 Å². The van der Waals surface area contributed by atoms with Crippen molar-refractivity contribution in [2.45, 2.75) is 57.6 Å². The van der Waals surface area contributed by atoms with Gasteiger partial charge in [0.1, 0.15) is 22.7 Å². The van der Waals surface area contributed by atoms with E-state index in [-0.39, 0.29) is 24.4 Å². The lowest BCUT2D eigenvalue weighted by Crippen LogP contribution is -2.32. The van der Waals surface area contributed by atoms with Crippen molar-refractivity contribution in [1.29, 1.82) is 0 Å². The normalized spacial score (nSPS) is 19.1. The fourth-order valence-corrected chi connectivity index (χ4v) is 4.49. The molecule has 2 atom stereocenters. The molecule has 32 heavy (non-hydrogen) atoms. The minimum atomic E-state index is 0.0435. The Balaban J connectivity index is 1.39. The molecule has 2 aromatic rings. The van der Waals surface area contributed by atoms with E-state index in [4.69, 9.17) is 21.3 Å². The lowest BCUT2D eigenvalue weighted by atomic mass is 9.96. The van der Waals surface area contributed by atoms with Crippen LogP contribution in [0.25, 0.3) is 0 Å². The molecule has 4 rings (SSSR count). The van der Waals surface area contributed by atoms with E-state index >= 15 is 0 Å². The Labute approximate surface area is 194 Å². The van der Waals surface area contributed by atoms with Crippen molar-refractivity contribution in [3.63, 3.8) is 0 Å². The zero-order chi connectivity index (χ0) is 22.7. The Morgan fingerprint density at radius 1 is 1.31 bits per heavy atom. The molecule has 0 bridgehead atoms. The van der Waals surface area contributed by atoms with E-state index in [0.29, 0.717) is 36.5 Å². The van der Waals surface area contributed by atoms with E-state index in [0.717, 1.165) is 42.9 Å². The number of Topliss-reactive ketones (excluding diaryl/α,β-unsaturated/α-hetero) is 1. The first-order valence-corrected chi connectivity index (χ1v) is 11.7. The minimum absolute atomic E-state index is 0.0435. The largest absolute Gasteiger partial charge is 0.489 e. The summed E-state index contributed by atoms with van der Waals surface area (Å²) in [4.78, 5) is 24.7. The van der Waals surface area contributed by atoms with Crippen LogP contribution < -0.4 is 14.5 Å². The second-order valence-electron chi connectivity index (χ2n) is 8.84. The fourth-order valence-electron chi connectivity index (χ4n) is 4.28. The van der Waals surface area contributed by atoms with Gasteiger partial charge in [0.05, 0.1) is 19.3 Å². The Kier molecular flexibility index (Phi) is 7.16. The molecular weight excluding hydrogens is 428 g/mol. The zero-order valence-corrected chi connectivity index (χ0v) is 19.5. The van der Waals surface area contributed by atoms with Crippen LogP contribution >= 0.6 is 11.6 Å². The summed E-state index contributed by atoms with van der Waals surface area (Å²) >= 11 is 6.44. The Bertz CT molecular complexity index is 935. The number of aliphatic hydroxyl groups excluding tert-OH is 1. The van der Waals surface area contributed by atoms with Gasteiger partial charge < -0.3 is 24.4 Å². The number of anilines is 2. The molecular formula is C24H31ClN4O3. The number of carbonyl (C=O) groups is 1. The van der Waals surface area contributed by atoms with Crippen molar-refractivity contribution in [3.05, 3.63) is 41.0 Å². The molecule has 8 heteroatoms. The number of ketones is 1. The molecule has 1 saturated heterocycles. The predicted octanol–water partition coefficient (Wildman–Crippen LogP) is 3.83. The summed E-state index contributed by atoms with van der Waals surface area (Å²) in [5.74, 6) is 2.58.